The highest BCUT2D eigenvalue weighted by atomic mass is 32.1. The topological polar surface area (TPSA) is 23.8 Å². The number of allylic oxidation sites excluding steroid dienone is 1. The van der Waals surface area contributed by atoms with Crippen molar-refractivity contribution in [2.24, 2.45) is 0 Å². The SMILES string of the molecule is C#Cc1cc(CCc2ccc(C)cc2C)cc2scc(CC(=C)C#N)c12. The number of terminal acetylenes is 1. The highest BCUT2D eigenvalue weighted by molar-refractivity contribution is 7.17. The van der Waals surface area contributed by atoms with Gasteiger partial charge < -0.3 is 0 Å². The first-order valence-electron chi connectivity index (χ1n) is 8.65. The van der Waals surface area contributed by atoms with Crippen molar-refractivity contribution < 1.29 is 0 Å². The van der Waals surface area contributed by atoms with Crippen molar-refractivity contribution in [3.05, 3.63) is 81.2 Å². The summed E-state index contributed by atoms with van der Waals surface area (Å²) < 4.78 is 1.19. The number of hydrogen-bond acceptors (Lipinski definition) is 2. The first-order valence-corrected chi connectivity index (χ1v) is 9.53. The van der Waals surface area contributed by atoms with Crippen LogP contribution in [0.5, 0.6) is 0 Å². The van der Waals surface area contributed by atoms with E-state index >= 15 is 0 Å². The van der Waals surface area contributed by atoms with Crippen LogP contribution in [0.25, 0.3) is 10.1 Å². The Balaban J connectivity index is 1.90. The second kappa shape index (κ2) is 7.61. The number of fused-ring (bicyclic) bond motifs is 1. The number of hydrogen-bond donors (Lipinski definition) is 0. The summed E-state index contributed by atoms with van der Waals surface area (Å²) in [5.41, 5.74) is 7.87. The van der Waals surface area contributed by atoms with Crippen molar-refractivity contribution in [1.29, 1.82) is 5.26 Å². The number of benzene rings is 2. The Morgan fingerprint density at radius 3 is 2.65 bits per heavy atom. The molecule has 0 aliphatic heterocycles. The molecule has 1 nitrogen and oxygen atoms in total. The fourth-order valence-electron chi connectivity index (χ4n) is 3.35. The highest BCUT2D eigenvalue weighted by Gasteiger charge is 2.11. The van der Waals surface area contributed by atoms with Crippen LogP contribution < -0.4 is 0 Å². The van der Waals surface area contributed by atoms with Crippen molar-refractivity contribution in [3.8, 4) is 18.4 Å². The van der Waals surface area contributed by atoms with Crippen LogP contribution in [0, 0.1) is 37.5 Å². The molecule has 0 saturated heterocycles. The van der Waals surface area contributed by atoms with Gasteiger partial charge in [-0.3, -0.25) is 0 Å². The van der Waals surface area contributed by atoms with Gasteiger partial charge in [0.05, 0.1) is 6.07 Å². The maximum Gasteiger partial charge on any atom is 0.0944 e. The van der Waals surface area contributed by atoms with Crippen LogP contribution in [0.4, 0.5) is 0 Å². The number of nitrogens with zero attached hydrogens (tertiary/aromatic N) is 1. The Morgan fingerprint density at radius 1 is 1.15 bits per heavy atom. The first-order chi connectivity index (χ1) is 12.5. The second-order valence-corrected chi connectivity index (χ2v) is 7.66. The minimum Gasteiger partial charge on any atom is -0.193 e. The normalized spacial score (nSPS) is 10.5. The van der Waals surface area contributed by atoms with E-state index in [0.717, 1.165) is 29.4 Å². The summed E-state index contributed by atoms with van der Waals surface area (Å²) in [5, 5.41) is 12.2. The number of aryl methyl sites for hydroxylation is 4. The van der Waals surface area contributed by atoms with Crippen LogP contribution >= 0.6 is 11.3 Å². The number of rotatable bonds is 5. The van der Waals surface area contributed by atoms with Crippen molar-refractivity contribution in [3.63, 3.8) is 0 Å². The van der Waals surface area contributed by atoms with E-state index in [0.29, 0.717) is 12.0 Å². The molecule has 0 amide bonds. The molecule has 0 unspecified atom stereocenters. The van der Waals surface area contributed by atoms with Crippen LogP contribution in [0.3, 0.4) is 0 Å². The van der Waals surface area contributed by atoms with E-state index in [1.165, 1.54) is 27.0 Å². The minimum atomic E-state index is 0.562. The van der Waals surface area contributed by atoms with E-state index < -0.39 is 0 Å². The van der Waals surface area contributed by atoms with E-state index in [1.807, 2.05) is 0 Å². The summed E-state index contributed by atoms with van der Waals surface area (Å²) in [4.78, 5) is 0. The van der Waals surface area contributed by atoms with Gasteiger partial charge in [-0.25, -0.2) is 0 Å². The molecule has 0 N–H and O–H groups in total. The Labute approximate surface area is 159 Å². The molecule has 0 bridgehead atoms. The summed E-state index contributed by atoms with van der Waals surface area (Å²) in [6.07, 6.45) is 8.32. The summed E-state index contributed by atoms with van der Waals surface area (Å²) >= 11 is 1.69. The van der Waals surface area contributed by atoms with Gasteiger partial charge in [0.15, 0.2) is 0 Å². The Kier molecular flexibility index (Phi) is 5.27. The smallest absolute Gasteiger partial charge is 0.0944 e. The average molecular weight is 356 g/mol. The van der Waals surface area contributed by atoms with Crippen LogP contribution in [-0.2, 0) is 19.3 Å². The lowest BCUT2D eigenvalue weighted by Gasteiger charge is -2.09. The van der Waals surface area contributed by atoms with Gasteiger partial charge >= 0.3 is 0 Å². The molecule has 0 saturated carbocycles. The molecule has 0 spiro atoms. The largest absolute Gasteiger partial charge is 0.193 e. The van der Waals surface area contributed by atoms with Gasteiger partial charge in [0, 0.05) is 27.6 Å². The van der Waals surface area contributed by atoms with E-state index in [9.17, 15) is 0 Å². The molecule has 26 heavy (non-hydrogen) atoms. The predicted molar refractivity (Wildman–Crippen MR) is 112 cm³/mol. The second-order valence-electron chi connectivity index (χ2n) is 6.74. The minimum absolute atomic E-state index is 0.562. The molecule has 0 atom stereocenters. The molecule has 1 aromatic heterocycles. The van der Waals surface area contributed by atoms with Crippen LogP contribution in [0.1, 0.15) is 33.4 Å². The Bertz CT molecular complexity index is 1070. The lowest BCUT2D eigenvalue weighted by Crippen LogP contribution is -1.96. The molecule has 3 rings (SSSR count). The Hall–Kier alpha value is -2.81. The van der Waals surface area contributed by atoms with E-state index in [2.05, 4.69) is 68.1 Å². The molecule has 3 aromatic rings. The van der Waals surface area contributed by atoms with Gasteiger partial charge in [-0.15, -0.1) is 17.8 Å². The molecular weight excluding hydrogens is 334 g/mol. The maximum absolute atomic E-state index is 9.01. The van der Waals surface area contributed by atoms with Gasteiger partial charge in [-0.05, 0) is 66.5 Å². The third-order valence-electron chi connectivity index (χ3n) is 4.71. The fraction of sp³-hybridized carbons (Fsp3) is 0.208. The zero-order valence-electron chi connectivity index (χ0n) is 15.2. The average Bonchev–Trinajstić information content (AvgIpc) is 3.03. The zero-order chi connectivity index (χ0) is 18.7. The predicted octanol–water partition coefficient (Wildman–Crippen LogP) is 5.91. The van der Waals surface area contributed by atoms with Gasteiger partial charge in [-0.2, -0.15) is 5.26 Å². The molecule has 1 heterocycles. The molecule has 0 aliphatic carbocycles. The third-order valence-corrected chi connectivity index (χ3v) is 5.69. The van der Waals surface area contributed by atoms with Gasteiger partial charge in [0.25, 0.3) is 0 Å². The summed E-state index contributed by atoms with van der Waals surface area (Å²) in [6.45, 7) is 8.09. The standard InChI is InChI=1S/C24H21NS/c1-5-20-12-19(7-9-21-8-6-16(2)10-18(21)4)13-23-24(20)22(15-26-23)11-17(3)14-25/h1,6,8,10,12-13,15H,3,7,9,11H2,2,4H3. The summed E-state index contributed by atoms with van der Waals surface area (Å²) in [5.74, 6) is 2.84. The van der Waals surface area contributed by atoms with Crippen LogP contribution in [0.15, 0.2) is 47.9 Å². The number of thiophene rings is 1. The quantitative estimate of drug-likeness (QED) is 0.412. The number of nitriles is 1. The Morgan fingerprint density at radius 2 is 1.96 bits per heavy atom. The molecule has 0 fully saturated rings. The van der Waals surface area contributed by atoms with E-state index in [4.69, 9.17) is 11.7 Å². The van der Waals surface area contributed by atoms with Crippen molar-refractivity contribution in [1.82, 2.24) is 0 Å². The van der Waals surface area contributed by atoms with Gasteiger partial charge in [0.1, 0.15) is 0 Å². The lowest BCUT2D eigenvalue weighted by molar-refractivity contribution is 0.949. The highest BCUT2D eigenvalue weighted by Crippen LogP contribution is 2.32. The van der Waals surface area contributed by atoms with E-state index in [-0.39, 0.29) is 0 Å². The summed E-state index contributed by atoms with van der Waals surface area (Å²) in [7, 11) is 0. The van der Waals surface area contributed by atoms with Crippen LogP contribution in [-0.4, -0.2) is 0 Å². The first kappa shape index (κ1) is 18.0. The monoisotopic (exact) mass is 355 g/mol. The van der Waals surface area contributed by atoms with Crippen molar-refractivity contribution >= 4 is 21.4 Å². The van der Waals surface area contributed by atoms with Crippen LogP contribution in [0.2, 0.25) is 0 Å². The lowest BCUT2D eigenvalue weighted by atomic mass is 9.96. The van der Waals surface area contributed by atoms with Crippen molar-refractivity contribution in [2.45, 2.75) is 33.1 Å². The van der Waals surface area contributed by atoms with Gasteiger partial charge in [0.2, 0.25) is 0 Å². The molecule has 0 aliphatic rings. The zero-order valence-corrected chi connectivity index (χ0v) is 16.0. The third kappa shape index (κ3) is 3.72. The summed E-state index contributed by atoms with van der Waals surface area (Å²) in [6, 6.07) is 13.1. The van der Waals surface area contributed by atoms with Gasteiger partial charge in [-0.1, -0.05) is 36.3 Å². The molecule has 128 valence electrons. The molecule has 2 heteroatoms. The molecular formula is C24H21NS. The molecule has 0 radical (unpaired) electrons. The van der Waals surface area contributed by atoms with Crippen molar-refractivity contribution in [2.75, 3.05) is 0 Å². The fourth-order valence-corrected chi connectivity index (χ4v) is 4.40. The maximum atomic E-state index is 9.01. The van der Waals surface area contributed by atoms with E-state index in [1.54, 1.807) is 11.3 Å². The molecule has 2 aromatic carbocycles.